The van der Waals surface area contributed by atoms with Gasteiger partial charge in [0.05, 0.1) is 12.2 Å². The number of rotatable bonds is 3. The number of aliphatic hydroxyl groups is 1. The molecule has 0 saturated carbocycles. The zero-order chi connectivity index (χ0) is 15.1. The van der Waals surface area contributed by atoms with E-state index in [9.17, 15) is 17.2 Å². The average molecular weight is 305 g/mol. The second kappa shape index (κ2) is 5.38. The quantitative estimate of drug-likeness (QED) is 0.925. The van der Waals surface area contributed by atoms with Gasteiger partial charge in [-0.3, -0.25) is 0 Å². The Morgan fingerprint density at radius 3 is 2.30 bits per heavy atom. The van der Waals surface area contributed by atoms with Crippen molar-refractivity contribution in [3.63, 3.8) is 0 Å². The van der Waals surface area contributed by atoms with Gasteiger partial charge < -0.3 is 5.11 Å². The van der Waals surface area contributed by atoms with E-state index in [4.69, 9.17) is 5.11 Å². The molecule has 1 aromatic carbocycles. The van der Waals surface area contributed by atoms with Crippen LogP contribution >= 0.6 is 0 Å². The van der Waals surface area contributed by atoms with E-state index >= 15 is 0 Å². The summed E-state index contributed by atoms with van der Waals surface area (Å²) in [6, 6.07) is 1.78. The van der Waals surface area contributed by atoms with Crippen molar-refractivity contribution in [1.29, 1.82) is 0 Å². The first kappa shape index (κ1) is 15.3. The van der Waals surface area contributed by atoms with E-state index in [1.807, 2.05) is 13.8 Å². The maximum atomic E-state index is 14.1. The van der Waals surface area contributed by atoms with E-state index in [2.05, 4.69) is 0 Å². The molecule has 0 radical (unpaired) electrons. The molecule has 1 aromatic rings. The molecule has 0 amide bonds. The van der Waals surface area contributed by atoms with Crippen molar-refractivity contribution in [2.24, 2.45) is 11.8 Å². The van der Waals surface area contributed by atoms with E-state index in [-0.39, 0.29) is 11.8 Å². The highest BCUT2D eigenvalue weighted by Crippen LogP contribution is 2.30. The summed E-state index contributed by atoms with van der Waals surface area (Å²) in [6.07, 6.45) is 0. The molecule has 1 aliphatic rings. The van der Waals surface area contributed by atoms with Gasteiger partial charge in [-0.2, -0.15) is 4.31 Å². The fraction of sp³-hybridized carbons (Fsp3) is 0.538. The summed E-state index contributed by atoms with van der Waals surface area (Å²) in [6.45, 7) is 3.61. The van der Waals surface area contributed by atoms with Crippen molar-refractivity contribution < 1.29 is 22.3 Å². The topological polar surface area (TPSA) is 57.6 Å². The van der Waals surface area contributed by atoms with Gasteiger partial charge in [-0.05, 0) is 24.0 Å². The van der Waals surface area contributed by atoms with Crippen LogP contribution in [0.3, 0.4) is 0 Å². The van der Waals surface area contributed by atoms with Crippen LogP contribution in [0.1, 0.15) is 19.4 Å². The molecule has 4 nitrogen and oxygen atoms in total. The van der Waals surface area contributed by atoms with E-state index < -0.39 is 38.7 Å². The van der Waals surface area contributed by atoms with Crippen LogP contribution in [-0.4, -0.2) is 30.9 Å². The number of halogens is 2. The molecule has 0 aromatic heterocycles. The smallest absolute Gasteiger partial charge is 0.246 e. The monoisotopic (exact) mass is 305 g/mol. The Bertz CT molecular complexity index is 608. The molecule has 1 fully saturated rings. The van der Waals surface area contributed by atoms with Crippen LogP contribution in [0.5, 0.6) is 0 Å². The highest BCUT2D eigenvalue weighted by atomic mass is 32.2. The number of benzene rings is 1. The van der Waals surface area contributed by atoms with Gasteiger partial charge in [0.25, 0.3) is 0 Å². The Morgan fingerprint density at radius 1 is 1.25 bits per heavy atom. The van der Waals surface area contributed by atoms with Crippen molar-refractivity contribution in [3.8, 4) is 0 Å². The van der Waals surface area contributed by atoms with Crippen LogP contribution < -0.4 is 0 Å². The standard InChI is InChI=1S/C13H17F2NO3S/c1-8-5-16(6-9(8)2)20(18,19)12-4-3-11(14)10(7-17)13(12)15/h3-4,8-9,17H,5-7H2,1-2H3. The number of sulfonamides is 1. The zero-order valence-corrected chi connectivity index (χ0v) is 12.1. The molecule has 2 rings (SSSR count). The molecular formula is C13H17F2NO3S. The molecule has 0 spiro atoms. The average Bonchev–Trinajstić information content (AvgIpc) is 2.70. The lowest BCUT2D eigenvalue weighted by Crippen LogP contribution is -2.30. The second-order valence-electron chi connectivity index (χ2n) is 5.27. The summed E-state index contributed by atoms with van der Waals surface area (Å²) < 4.78 is 53.4. The van der Waals surface area contributed by atoms with Gasteiger partial charge in [0.2, 0.25) is 10.0 Å². The van der Waals surface area contributed by atoms with Crippen molar-refractivity contribution >= 4 is 10.0 Å². The number of aliphatic hydroxyl groups excluding tert-OH is 1. The summed E-state index contributed by atoms with van der Waals surface area (Å²) in [5.74, 6) is -1.79. The van der Waals surface area contributed by atoms with Gasteiger partial charge >= 0.3 is 0 Å². The second-order valence-corrected chi connectivity index (χ2v) is 7.18. The van der Waals surface area contributed by atoms with Crippen LogP contribution in [-0.2, 0) is 16.6 Å². The van der Waals surface area contributed by atoms with Crippen LogP contribution in [0.15, 0.2) is 17.0 Å². The molecule has 112 valence electrons. The van der Waals surface area contributed by atoms with Gasteiger partial charge in [0.15, 0.2) is 5.82 Å². The normalized spacial score (nSPS) is 24.2. The Balaban J connectivity index is 2.46. The van der Waals surface area contributed by atoms with Gasteiger partial charge in [-0.25, -0.2) is 17.2 Å². The minimum absolute atomic E-state index is 0.186. The summed E-state index contributed by atoms with van der Waals surface area (Å²) in [5, 5.41) is 8.95. The maximum Gasteiger partial charge on any atom is 0.246 e. The van der Waals surface area contributed by atoms with E-state index in [0.717, 1.165) is 12.1 Å². The summed E-state index contributed by atoms with van der Waals surface area (Å²) in [4.78, 5) is -0.579. The fourth-order valence-corrected chi connectivity index (χ4v) is 4.06. The molecule has 2 atom stereocenters. The van der Waals surface area contributed by atoms with E-state index in [0.29, 0.717) is 13.1 Å². The molecule has 7 heteroatoms. The summed E-state index contributed by atoms with van der Waals surface area (Å²) in [7, 11) is -4.00. The van der Waals surface area contributed by atoms with Crippen molar-refractivity contribution in [1.82, 2.24) is 4.31 Å². The van der Waals surface area contributed by atoms with Gasteiger partial charge in [0, 0.05) is 13.1 Å². The van der Waals surface area contributed by atoms with E-state index in [1.165, 1.54) is 4.31 Å². The SMILES string of the molecule is CC1CN(S(=O)(=O)c2ccc(F)c(CO)c2F)CC1C. The Morgan fingerprint density at radius 2 is 1.80 bits per heavy atom. The van der Waals surface area contributed by atoms with Crippen molar-refractivity contribution in [2.45, 2.75) is 25.3 Å². The number of hydrogen-bond donors (Lipinski definition) is 1. The first-order valence-electron chi connectivity index (χ1n) is 6.37. The molecule has 0 aliphatic carbocycles. The van der Waals surface area contributed by atoms with Crippen molar-refractivity contribution in [3.05, 3.63) is 29.3 Å². The Hall–Kier alpha value is -1.05. The maximum absolute atomic E-state index is 14.1. The molecule has 1 N–H and O–H groups in total. The molecule has 1 heterocycles. The predicted octanol–water partition coefficient (Wildman–Crippen LogP) is 1.73. The van der Waals surface area contributed by atoms with E-state index in [1.54, 1.807) is 0 Å². The van der Waals surface area contributed by atoms with Crippen molar-refractivity contribution in [2.75, 3.05) is 13.1 Å². The van der Waals surface area contributed by atoms with Gasteiger partial charge in [0.1, 0.15) is 10.7 Å². The lowest BCUT2D eigenvalue weighted by molar-refractivity contribution is 0.267. The molecule has 2 unspecified atom stereocenters. The minimum Gasteiger partial charge on any atom is -0.391 e. The third-order valence-electron chi connectivity index (χ3n) is 3.88. The molecule has 1 aliphatic heterocycles. The van der Waals surface area contributed by atoms with Crippen LogP contribution in [0.25, 0.3) is 0 Å². The number of nitrogens with zero attached hydrogens (tertiary/aromatic N) is 1. The van der Waals surface area contributed by atoms with Crippen LogP contribution in [0.2, 0.25) is 0 Å². The van der Waals surface area contributed by atoms with Crippen LogP contribution in [0, 0.1) is 23.5 Å². The van der Waals surface area contributed by atoms with Crippen LogP contribution in [0.4, 0.5) is 8.78 Å². The minimum atomic E-state index is -4.00. The molecular weight excluding hydrogens is 288 g/mol. The largest absolute Gasteiger partial charge is 0.391 e. The zero-order valence-electron chi connectivity index (χ0n) is 11.3. The highest BCUT2D eigenvalue weighted by molar-refractivity contribution is 7.89. The Kier molecular flexibility index (Phi) is 4.13. The number of hydrogen-bond acceptors (Lipinski definition) is 3. The first-order valence-corrected chi connectivity index (χ1v) is 7.81. The molecule has 20 heavy (non-hydrogen) atoms. The molecule has 0 bridgehead atoms. The van der Waals surface area contributed by atoms with Gasteiger partial charge in [-0.15, -0.1) is 0 Å². The van der Waals surface area contributed by atoms with Gasteiger partial charge in [-0.1, -0.05) is 13.8 Å². The Labute approximate surface area is 117 Å². The highest BCUT2D eigenvalue weighted by Gasteiger charge is 2.37. The third kappa shape index (κ3) is 2.45. The fourth-order valence-electron chi connectivity index (χ4n) is 2.33. The summed E-state index contributed by atoms with van der Waals surface area (Å²) in [5.41, 5.74) is -0.619. The third-order valence-corrected chi connectivity index (χ3v) is 5.73. The first-order chi connectivity index (χ1) is 9.28. The lowest BCUT2D eigenvalue weighted by atomic mass is 10.0. The molecule has 1 saturated heterocycles. The lowest BCUT2D eigenvalue weighted by Gasteiger charge is -2.17. The predicted molar refractivity (Wildman–Crippen MR) is 69.4 cm³/mol. The summed E-state index contributed by atoms with van der Waals surface area (Å²) >= 11 is 0.